The van der Waals surface area contributed by atoms with Crippen LogP contribution in [0.4, 0.5) is 23.7 Å². The number of piperazine rings is 1. The predicted molar refractivity (Wildman–Crippen MR) is 112 cm³/mol. The number of amides is 2. The zero-order valence-electron chi connectivity index (χ0n) is 16.5. The maximum Gasteiger partial charge on any atom is 0.322 e. The number of nitrogens with zero attached hydrogens (tertiary/aromatic N) is 1. The normalized spacial score (nSPS) is 22.0. The number of benzene rings is 3. The number of fused-ring (bicyclic) bond motifs is 2. The lowest BCUT2D eigenvalue weighted by Crippen LogP contribution is -2.74. The van der Waals surface area contributed by atoms with Crippen molar-refractivity contribution in [2.24, 2.45) is 0 Å². The van der Waals surface area contributed by atoms with Gasteiger partial charge in [-0.05, 0) is 41.0 Å². The summed E-state index contributed by atoms with van der Waals surface area (Å²) in [5, 5.41) is 5.81. The van der Waals surface area contributed by atoms with Crippen LogP contribution in [0.3, 0.4) is 0 Å². The molecule has 0 aliphatic carbocycles. The summed E-state index contributed by atoms with van der Waals surface area (Å²) in [5.74, 6) is -1.40. The van der Waals surface area contributed by atoms with E-state index in [0.717, 1.165) is 34.9 Å². The van der Waals surface area contributed by atoms with Crippen molar-refractivity contribution in [1.82, 2.24) is 10.2 Å². The van der Waals surface area contributed by atoms with E-state index in [9.17, 15) is 18.0 Å². The number of urea groups is 1. The number of carbonyl (C=O) groups excluding carboxylic acids is 1. The highest BCUT2D eigenvalue weighted by Gasteiger charge is 2.53. The highest BCUT2D eigenvalue weighted by Crippen LogP contribution is 2.43. The molecule has 0 spiro atoms. The summed E-state index contributed by atoms with van der Waals surface area (Å²) in [5.41, 5.74) is 2.87. The largest absolute Gasteiger partial charge is 0.322 e. The molecule has 0 radical (unpaired) electrons. The highest BCUT2D eigenvalue weighted by atomic mass is 19.1. The minimum atomic E-state index is -0.675. The molecule has 2 aliphatic rings. The van der Waals surface area contributed by atoms with Gasteiger partial charge < -0.3 is 15.5 Å². The second-order valence-corrected chi connectivity index (χ2v) is 7.91. The van der Waals surface area contributed by atoms with E-state index in [1.54, 1.807) is 17.0 Å². The standard InChI is InChI=1S/C24H20F3N3O/c25-17-7-5-15(6-8-17)14-1-3-16(4-2-14)23-21-12-28-13-22(23)30(21)24(31)29-20-11-18(26)9-10-19(20)27/h1-11,21-23,28H,12-13H2,(H,29,31)/t21-,22+,23?. The Balaban J connectivity index is 1.32. The van der Waals surface area contributed by atoms with Gasteiger partial charge in [0.2, 0.25) is 0 Å². The van der Waals surface area contributed by atoms with Gasteiger partial charge in [0.05, 0.1) is 17.8 Å². The number of hydrogen-bond donors (Lipinski definition) is 2. The van der Waals surface area contributed by atoms with E-state index >= 15 is 0 Å². The zero-order chi connectivity index (χ0) is 21.5. The Morgan fingerprint density at radius 1 is 0.839 bits per heavy atom. The number of rotatable bonds is 3. The Kier molecular flexibility index (Phi) is 4.90. The molecule has 3 atom stereocenters. The summed E-state index contributed by atoms with van der Waals surface area (Å²) in [4.78, 5) is 14.5. The molecule has 2 saturated heterocycles. The Bertz CT molecular complexity index is 1110. The van der Waals surface area contributed by atoms with Gasteiger partial charge in [-0.25, -0.2) is 18.0 Å². The first-order valence-electron chi connectivity index (χ1n) is 10.1. The quantitative estimate of drug-likeness (QED) is 0.639. The molecule has 2 fully saturated rings. The van der Waals surface area contributed by atoms with Crippen molar-refractivity contribution in [2.45, 2.75) is 18.0 Å². The molecule has 158 valence electrons. The zero-order valence-corrected chi connectivity index (χ0v) is 16.5. The van der Waals surface area contributed by atoms with Gasteiger partial charge in [-0.3, -0.25) is 0 Å². The molecule has 2 N–H and O–H groups in total. The summed E-state index contributed by atoms with van der Waals surface area (Å²) in [7, 11) is 0. The van der Waals surface area contributed by atoms with Gasteiger partial charge in [-0.1, -0.05) is 36.4 Å². The third-order valence-electron chi connectivity index (χ3n) is 6.13. The molecule has 2 aliphatic heterocycles. The van der Waals surface area contributed by atoms with Crippen LogP contribution in [0.5, 0.6) is 0 Å². The summed E-state index contributed by atoms with van der Waals surface area (Å²) in [6, 6.07) is 16.8. The number of halogens is 3. The number of nitrogens with one attached hydrogen (secondary N) is 2. The molecule has 5 rings (SSSR count). The monoisotopic (exact) mass is 423 g/mol. The minimum Gasteiger partial charge on any atom is -0.315 e. The predicted octanol–water partition coefficient (Wildman–Crippen LogP) is 4.74. The van der Waals surface area contributed by atoms with Crippen LogP contribution in [0.25, 0.3) is 11.1 Å². The van der Waals surface area contributed by atoms with Gasteiger partial charge in [0, 0.05) is 25.1 Å². The van der Waals surface area contributed by atoms with Crippen molar-refractivity contribution in [3.63, 3.8) is 0 Å². The summed E-state index contributed by atoms with van der Waals surface area (Å²) < 4.78 is 40.5. The van der Waals surface area contributed by atoms with Gasteiger partial charge in [-0.15, -0.1) is 0 Å². The van der Waals surface area contributed by atoms with Crippen LogP contribution >= 0.6 is 0 Å². The lowest BCUT2D eigenvalue weighted by molar-refractivity contribution is 0.00199. The van der Waals surface area contributed by atoms with E-state index in [2.05, 4.69) is 10.6 Å². The Labute approximate surface area is 177 Å². The van der Waals surface area contributed by atoms with Gasteiger partial charge >= 0.3 is 6.03 Å². The van der Waals surface area contributed by atoms with Crippen molar-refractivity contribution in [1.29, 1.82) is 0 Å². The van der Waals surface area contributed by atoms with Crippen molar-refractivity contribution >= 4 is 11.7 Å². The van der Waals surface area contributed by atoms with Crippen molar-refractivity contribution in [2.75, 3.05) is 18.4 Å². The molecule has 7 heteroatoms. The Morgan fingerprint density at radius 3 is 2.06 bits per heavy atom. The fourth-order valence-corrected chi connectivity index (χ4v) is 4.64. The van der Waals surface area contributed by atoms with Crippen LogP contribution in [0, 0.1) is 17.5 Å². The van der Waals surface area contributed by atoms with E-state index < -0.39 is 17.7 Å². The molecular weight excluding hydrogens is 403 g/mol. The summed E-state index contributed by atoms with van der Waals surface area (Å²) in [6.07, 6.45) is 0. The second-order valence-electron chi connectivity index (χ2n) is 7.91. The number of anilines is 1. The smallest absolute Gasteiger partial charge is 0.315 e. The van der Waals surface area contributed by atoms with Crippen LogP contribution in [-0.2, 0) is 0 Å². The molecule has 3 aromatic carbocycles. The first-order valence-corrected chi connectivity index (χ1v) is 10.1. The van der Waals surface area contributed by atoms with Crippen molar-refractivity contribution in [3.8, 4) is 11.1 Å². The Morgan fingerprint density at radius 2 is 1.42 bits per heavy atom. The molecule has 3 aromatic rings. The van der Waals surface area contributed by atoms with Crippen molar-refractivity contribution < 1.29 is 18.0 Å². The third-order valence-corrected chi connectivity index (χ3v) is 6.13. The van der Waals surface area contributed by atoms with E-state index in [0.29, 0.717) is 13.1 Å². The van der Waals surface area contributed by atoms with Crippen LogP contribution < -0.4 is 10.6 Å². The van der Waals surface area contributed by atoms with Gasteiger partial charge in [0.25, 0.3) is 0 Å². The van der Waals surface area contributed by atoms with E-state index in [1.165, 1.54) is 12.1 Å². The Hall–Kier alpha value is -3.32. The van der Waals surface area contributed by atoms with Crippen LogP contribution in [0.2, 0.25) is 0 Å². The molecule has 4 nitrogen and oxygen atoms in total. The molecular formula is C24H20F3N3O. The fourth-order valence-electron chi connectivity index (χ4n) is 4.64. The highest BCUT2D eigenvalue weighted by molar-refractivity contribution is 5.91. The summed E-state index contributed by atoms with van der Waals surface area (Å²) >= 11 is 0. The molecule has 2 bridgehead atoms. The lowest BCUT2D eigenvalue weighted by Gasteiger charge is -2.59. The van der Waals surface area contributed by atoms with Gasteiger partial charge in [0.15, 0.2) is 0 Å². The van der Waals surface area contributed by atoms with Gasteiger partial charge in [-0.2, -0.15) is 0 Å². The maximum atomic E-state index is 13.9. The molecule has 0 aromatic heterocycles. The molecule has 2 amide bonds. The molecule has 31 heavy (non-hydrogen) atoms. The van der Waals surface area contributed by atoms with Crippen molar-refractivity contribution in [3.05, 3.63) is 89.7 Å². The van der Waals surface area contributed by atoms with E-state index in [-0.39, 0.29) is 29.5 Å². The second kappa shape index (κ2) is 7.74. The summed E-state index contributed by atoms with van der Waals surface area (Å²) in [6.45, 7) is 1.25. The van der Waals surface area contributed by atoms with Crippen LogP contribution in [-0.4, -0.2) is 36.1 Å². The van der Waals surface area contributed by atoms with Gasteiger partial charge in [0.1, 0.15) is 17.5 Å². The average molecular weight is 423 g/mol. The minimum absolute atomic E-state index is 0.0768. The first-order chi connectivity index (χ1) is 15.0. The lowest BCUT2D eigenvalue weighted by atomic mass is 9.72. The maximum absolute atomic E-state index is 13.9. The molecule has 0 saturated carbocycles. The molecule has 2 heterocycles. The van der Waals surface area contributed by atoms with Crippen LogP contribution in [0.15, 0.2) is 66.7 Å². The fraction of sp³-hybridized carbons (Fsp3) is 0.208. The topological polar surface area (TPSA) is 44.4 Å². The SMILES string of the molecule is O=C(Nc1cc(F)ccc1F)N1[C@@H]2CNC[C@H]1C2c1ccc(-c2ccc(F)cc2)cc1. The number of carbonyl (C=O) groups is 1. The first kappa shape index (κ1) is 19.6. The van der Waals surface area contributed by atoms with Crippen LogP contribution in [0.1, 0.15) is 11.5 Å². The van der Waals surface area contributed by atoms with E-state index in [4.69, 9.17) is 0 Å². The number of hydrogen-bond acceptors (Lipinski definition) is 2. The third kappa shape index (κ3) is 3.55. The average Bonchev–Trinajstić information content (AvgIpc) is 2.78. The number of piperidine rings is 1. The molecule has 1 unspecified atom stereocenters. The van der Waals surface area contributed by atoms with E-state index in [1.807, 2.05) is 24.3 Å².